The normalized spacial score (nSPS) is 11.2. The molecule has 1 aromatic rings. The molecule has 1 heterocycles. The largest absolute Gasteiger partial charge is 0.334 e. The molecule has 0 aliphatic heterocycles. The lowest BCUT2D eigenvalue weighted by Gasteiger charge is -2.01. The van der Waals surface area contributed by atoms with Crippen molar-refractivity contribution in [1.82, 2.24) is 14.3 Å². The Bertz CT molecular complexity index is 543. The second-order valence-corrected chi connectivity index (χ2v) is 5.39. The first-order valence-corrected chi connectivity index (χ1v) is 7.04. The molecule has 1 rings (SSSR count). The number of aryl methyl sites for hydroxylation is 2. The van der Waals surface area contributed by atoms with Gasteiger partial charge in [-0.3, -0.25) is 0 Å². The molecule has 8 nitrogen and oxygen atoms in total. The zero-order valence-electron chi connectivity index (χ0n) is 10.4. The molecule has 100 valence electrons. The van der Waals surface area contributed by atoms with E-state index in [9.17, 15) is 8.42 Å². The fourth-order valence-electron chi connectivity index (χ4n) is 1.42. The number of imidazole rings is 1. The number of aromatic nitrogens is 2. The molecule has 9 heteroatoms. The molecule has 1 aromatic heterocycles. The summed E-state index contributed by atoms with van der Waals surface area (Å²) in [4.78, 5) is 6.55. The van der Waals surface area contributed by atoms with Gasteiger partial charge < -0.3 is 4.57 Å². The Hall–Kier alpha value is -1.57. The van der Waals surface area contributed by atoms with E-state index >= 15 is 0 Å². The average Bonchev–Trinajstić information content (AvgIpc) is 2.68. The van der Waals surface area contributed by atoms with Gasteiger partial charge in [0.25, 0.3) is 10.0 Å². The molecular weight excluding hydrogens is 256 g/mol. The Labute approximate surface area is 106 Å². The van der Waals surface area contributed by atoms with Crippen LogP contribution in [0.15, 0.2) is 16.3 Å². The van der Waals surface area contributed by atoms with Crippen molar-refractivity contribution in [2.75, 3.05) is 13.1 Å². The van der Waals surface area contributed by atoms with Gasteiger partial charge in [-0.2, -0.15) is 0 Å². The minimum atomic E-state index is -3.63. The molecule has 0 aliphatic rings. The van der Waals surface area contributed by atoms with Crippen LogP contribution in [0.5, 0.6) is 0 Å². The maximum Gasteiger partial charge on any atom is 0.259 e. The molecule has 0 saturated heterocycles. The van der Waals surface area contributed by atoms with Crippen molar-refractivity contribution in [2.24, 2.45) is 5.11 Å². The fourth-order valence-corrected chi connectivity index (χ4v) is 2.45. The van der Waals surface area contributed by atoms with E-state index in [-0.39, 0.29) is 18.1 Å². The van der Waals surface area contributed by atoms with E-state index in [0.29, 0.717) is 5.82 Å². The third-order valence-corrected chi connectivity index (χ3v) is 3.59. The van der Waals surface area contributed by atoms with Gasteiger partial charge in [-0.05, 0) is 18.9 Å². The zero-order chi connectivity index (χ0) is 13.6. The summed E-state index contributed by atoms with van der Waals surface area (Å²) in [6.45, 7) is 4.63. The fraction of sp³-hybridized carbons (Fsp3) is 0.667. The first kappa shape index (κ1) is 14.5. The SMILES string of the molecule is CCCn1cc(S(=O)(=O)NCCN=[N+]=[N-])nc1C. The van der Waals surface area contributed by atoms with Crippen molar-refractivity contribution < 1.29 is 8.42 Å². The number of nitrogens with one attached hydrogen (secondary N) is 1. The summed E-state index contributed by atoms with van der Waals surface area (Å²) in [5.41, 5.74) is 8.08. The highest BCUT2D eigenvalue weighted by Gasteiger charge is 2.18. The van der Waals surface area contributed by atoms with Crippen molar-refractivity contribution in [1.29, 1.82) is 0 Å². The minimum absolute atomic E-state index is 0.00520. The molecule has 0 amide bonds. The summed E-state index contributed by atoms with van der Waals surface area (Å²) >= 11 is 0. The summed E-state index contributed by atoms with van der Waals surface area (Å²) < 4.78 is 27.8. The van der Waals surface area contributed by atoms with Gasteiger partial charge in [0.15, 0.2) is 5.03 Å². The van der Waals surface area contributed by atoms with Crippen LogP contribution in [0.1, 0.15) is 19.2 Å². The molecule has 0 saturated carbocycles. The number of nitrogens with zero attached hydrogens (tertiary/aromatic N) is 5. The predicted molar refractivity (Wildman–Crippen MR) is 66.5 cm³/mol. The second-order valence-electron chi connectivity index (χ2n) is 3.67. The van der Waals surface area contributed by atoms with E-state index in [1.807, 2.05) is 6.92 Å². The lowest BCUT2D eigenvalue weighted by atomic mass is 10.5. The van der Waals surface area contributed by atoms with Crippen molar-refractivity contribution in [2.45, 2.75) is 31.8 Å². The van der Waals surface area contributed by atoms with Crippen LogP contribution in [-0.4, -0.2) is 31.1 Å². The van der Waals surface area contributed by atoms with Gasteiger partial charge in [0.1, 0.15) is 5.82 Å². The smallest absolute Gasteiger partial charge is 0.259 e. The van der Waals surface area contributed by atoms with Gasteiger partial charge in [0.05, 0.1) is 0 Å². The van der Waals surface area contributed by atoms with E-state index in [1.165, 1.54) is 6.20 Å². The highest BCUT2D eigenvalue weighted by atomic mass is 32.2. The highest BCUT2D eigenvalue weighted by molar-refractivity contribution is 7.89. The number of azide groups is 1. The summed E-state index contributed by atoms with van der Waals surface area (Å²) in [5.74, 6) is 0.660. The van der Waals surface area contributed by atoms with E-state index in [1.54, 1.807) is 11.5 Å². The number of sulfonamides is 1. The Kier molecular flexibility index (Phi) is 5.14. The van der Waals surface area contributed by atoms with Crippen LogP contribution in [0, 0.1) is 6.92 Å². The average molecular weight is 272 g/mol. The van der Waals surface area contributed by atoms with Gasteiger partial charge >= 0.3 is 0 Å². The highest BCUT2D eigenvalue weighted by Crippen LogP contribution is 2.09. The van der Waals surface area contributed by atoms with Crippen LogP contribution < -0.4 is 4.72 Å². The summed E-state index contributed by atoms with van der Waals surface area (Å²) in [6, 6.07) is 0. The van der Waals surface area contributed by atoms with Crippen molar-refractivity contribution >= 4 is 10.0 Å². The predicted octanol–water partition coefficient (Wildman–Crippen LogP) is 1.19. The summed E-state index contributed by atoms with van der Waals surface area (Å²) in [5, 5.41) is 3.24. The van der Waals surface area contributed by atoms with Crippen LogP contribution >= 0.6 is 0 Å². The van der Waals surface area contributed by atoms with Gasteiger partial charge in [-0.1, -0.05) is 12.0 Å². The number of hydrogen-bond donors (Lipinski definition) is 1. The number of rotatable bonds is 7. The van der Waals surface area contributed by atoms with Crippen LogP contribution in [0.3, 0.4) is 0 Å². The number of hydrogen-bond acceptors (Lipinski definition) is 4. The van der Waals surface area contributed by atoms with Crippen LogP contribution in [-0.2, 0) is 16.6 Å². The molecule has 0 aromatic carbocycles. The molecular formula is C9H16N6O2S. The standard InChI is InChI=1S/C9H16N6O2S/c1-3-6-15-7-9(13-8(15)2)18(16,17)12-5-4-11-14-10/h7,12H,3-6H2,1-2H3. The molecule has 0 bridgehead atoms. The quantitative estimate of drug-likeness (QED) is 0.348. The van der Waals surface area contributed by atoms with E-state index in [4.69, 9.17) is 5.53 Å². The zero-order valence-corrected chi connectivity index (χ0v) is 11.2. The third kappa shape index (κ3) is 3.73. The maximum absolute atomic E-state index is 11.8. The lowest BCUT2D eigenvalue weighted by molar-refractivity contribution is 0.578. The first-order chi connectivity index (χ1) is 8.51. The molecule has 0 spiro atoms. The van der Waals surface area contributed by atoms with Crippen molar-refractivity contribution in [3.8, 4) is 0 Å². The van der Waals surface area contributed by atoms with Crippen LogP contribution in [0.2, 0.25) is 0 Å². The first-order valence-electron chi connectivity index (χ1n) is 5.55. The summed E-state index contributed by atoms with van der Waals surface area (Å²) in [6.07, 6.45) is 2.41. The van der Waals surface area contributed by atoms with Gasteiger partial charge in [0.2, 0.25) is 0 Å². The van der Waals surface area contributed by atoms with Crippen molar-refractivity contribution in [3.05, 3.63) is 22.5 Å². The lowest BCUT2D eigenvalue weighted by Crippen LogP contribution is -2.26. The van der Waals surface area contributed by atoms with E-state index in [0.717, 1.165) is 13.0 Å². The van der Waals surface area contributed by atoms with Gasteiger partial charge in [-0.15, -0.1) is 0 Å². The molecule has 1 N–H and O–H groups in total. The second kappa shape index (κ2) is 6.39. The summed E-state index contributed by atoms with van der Waals surface area (Å²) in [7, 11) is -3.63. The minimum Gasteiger partial charge on any atom is -0.334 e. The molecule has 0 unspecified atom stereocenters. The Morgan fingerprint density at radius 3 is 2.94 bits per heavy atom. The maximum atomic E-state index is 11.8. The Morgan fingerprint density at radius 1 is 1.61 bits per heavy atom. The van der Waals surface area contributed by atoms with Crippen molar-refractivity contribution in [3.63, 3.8) is 0 Å². The van der Waals surface area contributed by atoms with Gasteiger partial charge in [0, 0.05) is 30.7 Å². The molecule has 0 radical (unpaired) electrons. The topological polar surface area (TPSA) is 113 Å². The third-order valence-electron chi connectivity index (χ3n) is 2.26. The molecule has 18 heavy (non-hydrogen) atoms. The van der Waals surface area contributed by atoms with Gasteiger partial charge in [-0.25, -0.2) is 18.1 Å². The van der Waals surface area contributed by atoms with Crippen LogP contribution in [0.4, 0.5) is 0 Å². The Balaban J connectivity index is 2.78. The Morgan fingerprint density at radius 2 is 2.33 bits per heavy atom. The van der Waals surface area contributed by atoms with Crippen LogP contribution in [0.25, 0.3) is 10.4 Å². The molecule has 0 atom stereocenters. The van der Waals surface area contributed by atoms with E-state index < -0.39 is 10.0 Å². The molecule has 0 fully saturated rings. The van der Waals surface area contributed by atoms with E-state index in [2.05, 4.69) is 19.7 Å². The monoisotopic (exact) mass is 272 g/mol. The molecule has 0 aliphatic carbocycles.